The Labute approximate surface area is 287 Å². The number of carbonyl (C=O) groups excluding carboxylic acids is 5. The van der Waals surface area contributed by atoms with E-state index in [9.17, 15) is 24.0 Å². The van der Waals surface area contributed by atoms with Crippen molar-refractivity contribution in [2.45, 2.75) is 70.6 Å². The van der Waals surface area contributed by atoms with E-state index < -0.39 is 41.8 Å². The van der Waals surface area contributed by atoms with Gasteiger partial charge in [-0.3, -0.25) is 24.0 Å². The summed E-state index contributed by atoms with van der Waals surface area (Å²) in [4.78, 5) is 72.5. The molecule has 0 spiro atoms. The Balaban J connectivity index is 1.58. The van der Waals surface area contributed by atoms with Gasteiger partial charge in [0, 0.05) is 45.4 Å². The van der Waals surface area contributed by atoms with E-state index in [4.69, 9.17) is 4.74 Å². The largest absolute Gasteiger partial charge is 0.491 e. The molecule has 0 fully saturated rings. The predicted octanol–water partition coefficient (Wildman–Crippen LogP) is 2.08. The number of imidazole rings is 1. The molecule has 0 saturated heterocycles. The van der Waals surface area contributed by atoms with Crippen LogP contribution in [0.1, 0.15) is 55.5 Å². The van der Waals surface area contributed by atoms with Crippen LogP contribution in [0.2, 0.25) is 0 Å². The maximum atomic E-state index is 13.7. The molecule has 0 unspecified atom stereocenters. The molecule has 1 aliphatic heterocycles. The van der Waals surface area contributed by atoms with Crippen molar-refractivity contribution in [3.05, 3.63) is 84.4 Å². The fraction of sp³-hybridized carbons (Fsp3) is 0.444. The Morgan fingerprint density at radius 3 is 2.49 bits per heavy atom. The number of para-hydroxylation sites is 1. The molecular formula is C36H47N7O6. The van der Waals surface area contributed by atoms with Gasteiger partial charge in [0.2, 0.25) is 23.6 Å². The lowest BCUT2D eigenvalue weighted by atomic mass is 10.0. The highest BCUT2D eigenvalue weighted by molar-refractivity contribution is 6.00. The van der Waals surface area contributed by atoms with Crippen molar-refractivity contribution in [2.24, 2.45) is 5.92 Å². The van der Waals surface area contributed by atoms with Gasteiger partial charge in [0.05, 0.1) is 24.5 Å². The molecule has 1 aliphatic rings. The summed E-state index contributed by atoms with van der Waals surface area (Å²) in [5.74, 6) is -1.75. The van der Waals surface area contributed by atoms with Crippen molar-refractivity contribution >= 4 is 29.5 Å². The number of fused-ring (bicyclic) bond motifs is 1. The molecule has 0 radical (unpaired) electrons. The molecule has 2 heterocycles. The average Bonchev–Trinajstić information content (AvgIpc) is 3.60. The van der Waals surface area contributed by atoms with Crippen LogP contribution >= 0.6 is 0 Å². The monoisotopic (exact) mass is 673 g/mol. The number of ether oxygens (including phenoxy) is 1. The Morgan fingerprint density at radius 2 is 1.76 bits per heavy atom. The van der Waals surface area contributed by atoms with E-state index in [-0.39, 0.29) is 55.6 Å². The first kappa shape index (κ1) is 36.6. The van der Waals surface area contributed by atoms with E-state index >= 15 is 0 Å². The number of hydrogen-bond acceptors (Lipinski definition) is 7. The normalized spacial score (nSPS) is 19.8. The number of likely N-dealkylation sites (N-methyl/N-ethyl adjacent to an activating group) is 1. The highest BCUT2D eigenvalue weighted by Gasteiger charge is 2.29. The third-order valence-electron chi connectivity index (χ3n) is 8.10. The van der Waals surface area contributed by atoms with Crippen molar-refractivity contribution in [1.82, 2.24) is 35.7 Å². The van der Waals surface area contributed by atoms with Gasteiger partial charge in [-0.25, -0.2) is 4.98 Å². The zero-order chi connectivity index (χ0) is 35.2. The summed E-state index contributed by atoms with van der Waals surface area (Å²) < 4.78 is 7.99. The maximum absolute atomic E-state index is 13.7. The number of nitrogens with one attached hydrogen (secondary N) is 4. The number of nitrogens with zero attached hydrogens (tertiary/aromatic N) is 3. The fourth-order valence-electron chi connectivity index (χ4n) is 5.65. The minimum absolute atomic E-state index is 0.0189. The molecule has 0 aliphatic carbocycles. The Morgan fingerprint density at radius 1 is 1.00 bits per heavy atom. The summed E-state index contributed by atoms with van der Waals surface area (Å²) >= 11 is 0. The standard InChI is InChI=1S/C36H47N7O6/c1-25(2)20-27-23-49-31-13-8-7-12-28(31)34(46)41-29(35(47)38-16-9-18-43-19-17-37-24-43)14-15-32(44)40-30(21-26-10-5-4-6-11-26)36(48)42(3)22-33(45)39-27/h4-8,10-13,17,19,24-25,27,29-30H,9,14-16,18,20-23H2,1-3H3,(H,38,47)(H,39,45)(H,40,44)(H,41,46)/t27-,29-,30-/m0/s1. The third kappa shape index (κ3) is 11.8. The van der Waals surface area contributed by atoms with Gasteiger partial charge in [0.1, 0.15) is 24.4 Å². The van der Waals surface area contributed by atoms with Crippen LogP contribution in [-0.4, -0.2) is 88.9 Å². The molecule has 3 aromatic rings. The summed E-state index contributed by atoms with van der Waals surface area (Å²) in [7, 11) is 1.53. The van der Waals surface area contributed by atoms with Crippen LogP contribution in [0.25, 0.3) is 0 Å². The highest BCUT2D eigenvalue weighted by atomic mass is 16.5. The van der Waals surface area contributed by atoms with E-state index in [1.165, 1.54) is 11.9 Å². The molecule has 13 nitrogen and oxygen atoms in total. The number of rotatable bonds is 9. The molecule has 4 rings (SSSR count). The first-order chi connectivity index (χ1) is 23.6. The SMILES string of the molecule is CC(C)C[C@H]1COc2ccccc2C(=O)N[C@H](C(=O)NCCCn2ccnc2)CCC(=O)N[C@@H](Cc2ccccc2)C(=O)N(C)CC(=O)N1. The van der Waals surface area contributed by atoms with Crippen molar-refractivity contribution in [3.63, 3.8) is 0 Å². The number of carbonyl (C=O) groups is 5. The number of hydrogen-bond donors (Lipinski definition) is 4. The zero-order valence-electron chi connectivity index (χ0n) is 28.4. The number of aromatic nitrogens is 2. The van der Waals surface area contributed by atoms with Crippen molar-refractivity contribution in [3.8, 4) is 5.75 Å². The maximum Gasteiger partial charge on any atom is 0.255 e. The van der Waals surface area contributed by atoms with Gasteiger partial charge in [-0.2, -0.15) is 0 Å². The summed E-state index contributed by atoms with van der Waals surface area (Å²) in [5.41, 5.74) is 1.04. The van der Waals surface area contributed by atoms with Crippen LogP contribution in [0, 0.1) is 5.92 Å². The molecule has 49 heavy (non-hydrogen) atoms. The number of amides is 5. The van der Waals surface area contributed by atoms with Gasteiger partial charge in [-0.1, -0.05) is 56.3 Å². The van der Waals surface area contributed by atoms with E-state index in [0.29, 0.717) is 25.9 Å². The average molecular weight is 674 g/mol. The van der Waals surface area contributed by atoms with Crippen LogP contribution in [0.3, 0.4) is 0 Å². The van der Waals surface area contributed by atoms with Crippen LogP contribution in [0.5, 0.6) is 5.75 Å². The number of benzene rings is 2. The minimum Gasteiger partial charge on any atom is -0.491 e. The molecule has 262 valence electrons. The van der Waals surface area contributed by atoms with Crippen molar-refractivity contribution in [2.75, 3.05) is 26.7 Å². The predicted molar refractivity (Wildman–Crippen MR) is 183 cm³/mol. The second-order valence-corrected chi connectivity index (χ2v) is 12.7. The molecule has 13 heteroatoms. The van der Waals surface area contributed by atoms with Crippen LogP contribution in [0.4, 0.5) is 0 Å². The van der Waals surface area contributed by atoms with Crippen molar-refractivity contribution < 1.29 is 28.7 Å². The van der Waals surface area contributed by atoms with Gasteiger partial charge < -0.3 is 35.5 Å². The summed E-state index contributed by atoms with van der Waals surface area (Å²) in [6, 6.07) is 13.5. The molecular weight excluding hydrogens is 626 g/mol. The van der Waals surface area contributed by atoms with Crippen LogP contribution < -0.4 is 26.0 Å². The molecule has 3 atom stereocenters. The molecule has 1 aromatic heterocycles. The number of aryl methyl sites for hydroxylation is 1. The summed E-state index contributed by atoms with van der Waals surface area (Å²) in [5, 5.41) is 11.5. The second kappa shape index (κ2) is 18.4. The topological polar surface area (TPSA) is 164 Å². The van der Waals surface area contributed by atoms with Gasteiger partial charge in [0.25, 0.3) is 5.91 Å². The van der Waals surface area contributed by atoms with Crippen LogP contribution in [0.15, 0.2) is 73.3 Å². The molecule has 0 bridgehead atoms. The van der Waals surface area contributed by atoms with Gasteiger partial charge in [-0.15, -0.1) is 0 Å². The third-order valence-corrected chi connectivity index (χ3v) is 8.10. The van der Waals surface area contributed by atoms with E-state index in [1.807, 2.05) is 54.9 Å². The minimum atomic E-state index is -1.04. The summed E-state index contributed by atoms with van der Waals surface area (Å²) in [6.07, 6.45) is 6.46. The van der Waals surface area contributed by atoms with E-state index in [2.05, 4.69) is 26.3 Å². The smallest absolute Gasteiger partial charge is 0.255 e. The van der Waals surface area contributed by atoms with Gasteiger partial charge in [-0.05, 0) is 42.9 Å². The van der Waals surface area contributed by atoms with E-state index in [0.717, 1.165) is 5.56 Å². The van der Waals surface area contributed by atoms with Crippen LogP contribution in [-0.2, 0) is 32.1 Å². The first-order valence-corrected chi connectivity index (χ1v) is 16.7. The fourth-order valence-corrected chi connectivity index (χ4v) is 5.65. The molecule has 2 aromatic carbocycles. The lowest BCUT2D eigenvalue weighted by Gasteiger charge is -2.27. The first-order valence-electron chi connectivity index (χ1n) is 16.7. The lowest BCUT2D eigenvalue weighted by Crippen LogP contribution is -2.52. The van der Waals surface area contributed by atoms with E-state index in [1.54, 1.807) is 36.8 Å². The Bertz CT molecular complexity index is 1550. The Kier molecular flexibility index (Phi) is 13.7. The zero-order valence-corrected chi connectivity index (χ0v) is 28.4. The Hall–Kier alpha value is -5.20. The lowest BCUT2D eigenvalue weighted by molar-refractivity contribution is -0.138. The quantitative estimate of drug-likeness (QED) is 0.253. The van der Waals surface area contributed by atoms with Crippen molar-refractivity contribution in [1.29, 1.82) is 0 Å². The molecule has 0 saturated carbocycles. The molecule has 5 amide bonds. The summed E-state index contributed by atoms with van der Waals surface area (Å²) in [6.45, 7) is 4.89. The second-order valence-electron chi connectivity index (χ2n) is 12.7. The molecule has 4 N–H and O–H groups in total. The van der Waals surface area contributed by atoms with Gasteiger partial charge in [0.15, 0.2) is 0 Å². The van der Waals surface area contributed by atoms with Gasteiger partial charge >= 0.3 is 0 Å². The highest BCUT2D eigenvalue weighted by Crippen LogP contribution is 2.20.